The van der Waals surface area contributed by atoms with Gasteiger partial charge in [0.05, 0.1) is 0 Å². The first-order valence-corrected chi connectivity index (χ1v) is 13.6. The summed E-state index contributed by atoms with van der Waals surface area (Å²) in [4.78, 5) is 18.6. The van der Waals surface area contributed by atoms with E-state index in [2.05, 4.69) is 69.5 Å². The summed E-state index contributed by atoms with van der Waals surface area (Å²) in [6.45, 7) is 15.9. The molecule has 3 fully saturated rings. The highest BCUT2D eigenvalue weighted by Crippen LogP contribution is 2.29. The van der Waals surface area contributed by atoms with E-state index < -0.39 is 0 Å². The number of nitrogens with zero attached hydrogens (tertiary/aromatic N) is 6. The molecule has 4 N–H and O–H groups in total. The lowest BCUT2D eigenvalue weighted by Gasteiger charge is -2.47. The minimum atomic E-state index is 0.217. The van der Waals surface area contributed by atoms with E-state index in [1.54, 1.807) is 0 Å². The lowest BCUT2D eigenvalue weighted by Crippen LogP contribution is -2.58. The zero-order valence-electron chi connectivity index (χ0n) is 22.7. The van der Waals surface area contributed by atoms with Gasteiger partial charge in [-0.1, -0.05) is 19.1 Å². The van der Waals surface area contributed by atoms with Gasteiger partial charge in [-0.3, -0.25) is 14.7 Å². The molecule has 3 aliphatic rings. The van der Waals surface area contributed by atoms with Crippen LogP contribution in [0.5, 0.6) is 0 Å². The van der Waals surface area contributed by atoms with E-state index in [1.807, 2.05) is 24.5 Å². The standard InChI is InChI=1S/C15H26N4.C13H20N4/c1-4-7-18-8-9-19(15(2,3)12-18)11-13-5-6-14(16)17-10-13;1-16-11-3-4-12(16)9-17(8-11)7-10-2-5-13(14)15-6-10/h5-6,10H,4,7-9,11-12H2,1-3H3,(H2,16,17);2,5-6,11-12H,3-4,7-9H2,1H3,(H2,14,15). The molecule has 3 saturated heterocycles. The Labute approximate surface area is 217 Å². The van der Waals surface area contributed by atoms with E-state index >= 15 is 0 Å². The summed E-state index contributed by atoms with van der Waals surface area (Å²) in [6.07, 6.45) is 7.74. The van der Waals surface area contributed by atoms with Crippen molar-refractivity contribution >= 4 is 11.6 Å². The van der Waals surface area contributed by atoms with Gasteiger partial charge < -0.3 is 16.4 Å². The Balaban J connectivity index is 0.000000170. The first-order chi connectivity index (χ1) is 17.2. The molecule has 5 rings (SSSR count). The minimum Gasteiger partial charge on any atom is -0.384 e. The largest absolute Gasteiger partial charge is 0.384 e. The Kier molecular flexibility index (Phi) is 8.83. The number of hydrogen-bond donors (Lipinski definition) is 2. The van der Waals surface area contributed by atoms with Crippen molar-refractivity contribution in [1.82, 2.24) is 29.6 Å². The van der Waals surface area contributed by atoms with Crippen LogP contribution in [0.2, 0.25) is 0 Å². The molecular formula is C28H46N8. The first-order valence-electron chi connectivity index (χ1n) is 13.6. The molecule has 8 nitrogen and oxygen atoms in total. The summed E-state index contributed by atoms with van der Waals surface area (Å²) >= 11 is 0. The van der Waals surface area contributed by atoms with Crippen molar-refractivity contribution in [2.24, 2.45) is 0 Å². The molecule has 0 aromatic carbocycles. The topological polar surface area (TPSA) is 90.8 Å². The average Bonchev–Trinajstić information content (AvgIpc) is 3.04. The maximum Gasteiger partial charge on any atom is 0.123 e. The van der Waals surface area contributed by atoms with Gasteiger partial charge in [0.2, 0.25) is 0 Å². The maximum atomic E-state index is 5.63. The third kappa shape index (κ3) is 6.94. The monoisotopic (exact) mass is 494 g/mol. The van der Waals surface area contributed by atoms with Crippen molar-refractivity contribution in [3.63, 3.8) is 0 Å². The Morgan fingerprint density at radius 2 is 1.44 bits per heavy atom. The Morgan fingerprint density at radius 3 is 1.94 bits per heavy atom. The van der Waals surface area contributed by atoms with Crippen molar-refractivity contribution in [2.75, 3.05) is 57.8 Å². The number of nitrogens with two attached hydrogens (primary N) is 2. The summed E-state index contributed by atoms with van der Waals surface area (Å²) in [6, 6.07) is 9.46. The molecule has 3 aliphatic heterocycles. The summed E-state index contributed by atoms with van der Waals surface area (Å²) in [5, 5.41) is 0. The SMILES string of the molecule is CCCN1CCN(Cc2ccc(N)nc2)C(C)(C)C1.CN1C2CCC1CN(Cc1ccc(N)nc1)C2. The molecule has 198 valence electrons. The number of hydrogen-bond acceptors (Lipinski definition) is 8. The maximum absolute atomic E-state index is 5.63. The fourth-order valence-electron chi connectivity index (χ4n) is 5.96. The molecule has 2 aromatic heterocycles. The first kappa shape index (κ1) is 26.8. The molecule has 2 atom stereocenters. The second-order valence-corrected chi connectivity index (χ2v) is 11.4. The molecule has 5 heterocycles. The van der Waals surface area contributed by atoms with Gasteiger partial charge in [0, 0.05) is 75.8 Å². The van der Waals surface area contributed by atoms with E-state index in [4.69, 9.17) is 11.5 Å². The normalized spacial score (nSPS) is 24.9. The zero-order valence-corrected chi connectivity index (χ0v) is 22.7. The van der Waals surface area contributed by atoms with Crippen LogP contribution in [0.4, 0.5) is 11.6 Å². The highest BCUT2D eigenvalue weighted by molar-refractivity contribution is 5.30. The molecule has 8 heteroatoms. The van der Waals surface area contributed by atoms with E-state index in [1.165, 1.54) is 56.6 Å². The molecule has 0 radical (unpaired) electrons. The summed E-state index contributed by atoms with van der Waals surface area (Å²) in [5.74, 6) is 1.20. The van der Waals surface area contributed by atoms with Crippen molar-refractivity contribution in [1.29, 1.82) is 0 Å². The molecule has 0 spiro atoms. The lowest BCUT2D eigenvalue weighted by molar-refractivity contribution is 0.0139. The van der Waals surface area contributed by atoms with E-state index in [0.717, 1.165) is 38.3 Å². The van der Waals surface area contributed by atoms with Crippen LogP contribution >= 0.6 is 0 Å². The summed E-state index contributed by atoms with van der Waals surface area (Å²) < 4.78 is 0. The smallest absolute Gasteiger partial charge is 0.123 e. The van der Waals surface area contributed by atoms with Crippen LogP contribution in [0, 0.1) is 0 Å². The van der Waals surface area contributed by atoms with Crippen LogP contribution in [-0.4, -0.2) is 93.5 Å². The fourth-order valence-corrected chi connectivity index (χ4v) is 5.96. The van der Waals surface area contributed by atoms with Gasteiger partial charge in [-0.15, -0.1) is 0 Å². The van der Waals surface area contributed by atoms with Crippen LogP contribution < -0.4 is 11.5 Å². The molecule has 2 aromatic rings. The number of rotatable bonds is 6. The molecule has 0 saturated carbocycles. The third-order valence-electron chi connectivity index (χ3n) is 8.09. The Bertz CT molecular complexity index is 931. The van der Waals surface area contributed by atoms with Crippen molar-refractivity contribution in [2.45, 2.75) is 70.7 Å². The van der Waals surface area contributed by atoms with Gasteiger partial charge in [0.1, 0.15) is 11.6 Å². The van der Waals surface area contributed by atoms with Crippen LogP contribution in [0.25, 0.3) is 0 Å². The highest BCUT2D eigenvalue weighted by Gasteiger charge is 2.37. The predicted octanol–water partition coefficient (Wildman–Crippen LogP) is 2.91. The summed E-state index contributed by atoms with van der Waals surface area (Å²) in [5.41, 5.74) is 14.0. The molecule has 2 bridgehead atoms. The summed E-state index contributed by atoms with van der Waals surface area (Å²) in [7, 11) is 2.27. The second kappa shape index (κ2) is 11.9. The van der Waals surface area contributed by atoms with Crippen molar-refractivity contribution in [3.05, 3.63) is 47.8 Å². The Hall–Kier alpha value is -2.26. The lowest BCUT2D eigenvalue weighted by atomic mass is 9.98. The van der Waals surface area contributed by atoms with Gasteiger partial charge in [0.25, 0.3) is 0 Å². The molecular weight excluding hydrogens is 448 g/mol. The van der Waals surface area contributed by atoms with Crippen LogP contribution in [-0.2, 0) is 13.1 Å². The van der Waals surface area contributed by atoms with E-state index in [-0.39, 0.29) is 5.54 Å². The number of fused-ring (bicyclic) bond motifs is 2. The second-order valence-electron chi connectivity index (χ2n) is 11.4. The van der Waals surface area contributed by atoms with Gasteiger partial charge in [0.15, 0.2) is 0 Å². The molecule has 2 unspecified atom stereocenters. The number of pyridine rings is 2. The minimum absolute atomic E-state index is 0.217. The number of likely N-dealkylation sites (tertiary alicyclic amines) is 1. The average molecular weight is 495 g/mol. The fraction of sp³-hybridized carbons (Fsp3) is 0.643. The highest BCUT2D eigenvalue weighted by atomic mass is 15.3. The number of likely N-dealkylation sites (N-methyl/N-ethyl adjacent to an activating group) is 1. The van der Waals surface area contributed by atoms with Gasteiger partial charge in [-0.25, -0.2) is 9.97 Å². The third-order valence-corrected chi connectivity index (χ3v) is 8.09. The number of aromatic nitrogens is 2. The Morgan fingerprint density at radius 1 is 0.861 bits per heavy atom. The van der Waals surface area contributed by atoms with E-state index in [9.17, 15) is 0 Å². The van der Waals surface area contributed by atoms with Crippen LogP contribution in [0.3, 0.4) is 0 Å². The van der Waals surface area contributed by atoms with E-state index in [0.29, 0.717) is 11.6 Å². The van der Waals surface area contributed by atoms with Crippen molar-refractivity contribution < 1.29 is 0 Å². The number of piperazine rings is 2. The van der Waals surface area contributed by atoms with Crippen molar-refractivity contribution in [3.8, 4) is 0 Å². The molecule has 36 heavy (non-hydrogen) atoms. The molecule has 0 amide bonds. The zero-order chi connectivity index (χ0) is 25.7. The van der Waals surface area contributed by atoms with Gasteiger partial charge in [-0.2, -0.15) is 0 Å². The number of nitrogen functional groups attached to an aromatic ring is 2. The van der Waals surface area contributed by atoms with Gasteiger partial charge in [-0.05, 0) is 70.0 Å². The van der Waals surface area contributed by atoms with Crippen LogP contribution in [0.15, 0.2) is 36.7 Å². The number of anilines is 2. The van der Waals surface area contributed by atoms with Gasteiger partial charge >= 0.3 is 0 Å². The van der Waals surface area contributed by atoms with Crippen LogP contribution in [0.1, 0.15) is 51.2 Å². The quantitative estimate of drug-likeness (QED) is 0.634. The predicted molar refractivity (Wildman–Crippen MR) is 148 cm³/mol. The molecule has 0 aliphatic carbocycles.